The molecule has 0 unspecified atom stereocenters. The number of methoxy groups -OCH3 is 1. The van der Waals surface area contributed by atoms with Crippen LogP contribution in [-0.4, -0.2) is 24.8 Å². The summed E-state index contributed by atoms with van der Waals surface area (Å²) in [4.78, 5) is 12.0. The quantitative estimate of drug-likeness (QED) is 0.645. The van der Waals surface area contributed by atoms with Gasteiger partial charge in [0, 0.05) is 17.1 Å². The second-order valence-corrected chi connectivity index (χ2v) is 4.95. The molecule has 6 heteroatoms. The minimum absolute atomic E-state index is 0.302. The van der Waals surface area contributed by atoms with Crippen LogP contribution in [0.3, 0.4) is 0 Å². The predicted octanol–water partition coefficient (Wildman–Crippen LogP) is 3.99. The lowest BCUT2D eigenvalue weighted by Gasteiger charge is -2.04. The molecule has 2 aromatic rings. The highest BCUT2D eigenvalue weighted by Crippen LogP contribution is 2.30. The third-order valence-corrected chi connectivity index (χ3v) is 3.27. The second-order valence-electron chi connectivity index (χ2n) is 4.51. The second kappa shape index (κ2) is 7.13. The lowest BCUT2D eigenvalue weighted by molar-refractivity contribution is 0.0602. The highest BCUT2D eigenvalue weighted by atomic mass is 35.5. The number of hydrogen-bond acceptors (Lipinski definition) is 5. The topological polar surface area (TPSA) is 64.4 Å². The van der Waals surface area contributed by atoms with Gasteiger partial charge in [-0.25, -0.2) is 4.79 Å². The van der Waals surface area contributed by atoms with Gasteiger partial charge in [0.25, 0.3) is 0 Å². The molecule has 0 radical (unpaired) electrons. The average Bonchev–Trinajstić information content (AvgIpc) is 2.91. The van der Waals surface area contributed by atoms with E-state index in [9.17, 15) is 4.79 Å². The van der Waals surface area contributed by atoms with Crippen LogP contribution in [0.1, 0.15) is 30.1 Å². The van der Waals surface area contributed by atoms with E-state index >= 15 is 0 Å². The highest BCUT2D eigenvalue weighted by Gasteiger charge is 2.24. The lowest BCUT2D eigenvalue weighted by Crippen LogP contribution is -2.08. The number of halogens is 1. The van der Waals surface area contributed by atoms with Crippen LogP contribution in [0.2, 0.25) is 5.02 Å². The van der Waals surface area contributed by atoms with Crippen molar-refractivity contribution < 1.29 is 14.1 Å². The Balaban J connectivity index is 2.36. The van der Waals surface area contributed by atoms with E-state index in [1.165, 1.54) is 7.11 Å². The Morgan fingerprint density at radius 2 is 2.10 bits per heavy atom. The molecule has 0 spiro atoms. The summed E-state index contributed by atoms with van der Waals surface area (Å²) in [6.07, 6.45) is 2.01. The number of rotatable bonds is 6. The molecule has 0 aliphatic heterocycles. The van der Waals surface area contributed by atoms with Crippen LogP contribution in [-0.2, 0) is 4.74 Å². The molecule has 0 aliphatic carbocycles. The number of ether oxygens (including phenoxy) is 1. The van der Waals surface area contributed by atoms with Gasteiger partial charge in [-0.1, -0.05) is 42.2 Å². The first kappa shape index (κ1) is 15.4. The largest absolute Gasteiger partial charge is 0.465 e. The minimum Gasteiger partial charge on any atom is -0.465 e. The summed E-state index contributed by atoms with van der Waals surface area (Å²) in [6, 6.07) is 7.03. The van der Waals surface area contributed by atoms with Gasteiger partial charge in [-0.3, -0.25) is 0 Å². The molecule has 0 atom stereocenters. The molecule has 0 fully saturated rings. The van der Waals surface area contributed by atoms with Gasteiger partial charge in [0.1, 0.15) is 5.69 Å². The van der Waals surface area contributed by atoms with Crippen molar-refractivity contribution in [1.82, 2.24) is 5.16 Å². The summed E-state index contributed by atoms with van der Waals surface area (Å²) in [5.41, 5.74) is 1.49. The summed E-state index contributed by atoms with van der Waals surface area (Å²) < 4.78 is 10.1. The van der Waals surface area contributed by atoms with E-state index in [0.29, 0.717) is 28.7 Å². The Labute approximate surface area is 128 Å². The number of benzene rings is 1. The van der Waals surface area contributed by atoms with Gasteiger partial charge in [0.2, 0.25) is 5.88 Å². The molecule has 0 aliphatic rings. The first-order valence-corrected chi connectivity index (χ1v) is 7.13. The van der Waals surface area contributed by atoms with E-state index in [-0.39, 0.29) is 0 Å². The molecule has 21 heavy (non-hydrogen) atoms. The molecule has 1 aromatic carbocycles. The Morgan fingerprint density at radius 1 is 1.38 bits per heavy atom. The van der Waals surface area contributed by atoms with Crippen molar-refractivity contribution in [2.75, 3.05) is 19.0 Å². The number of carbonyl (C=O) groups is 1. The van der Waals surface area contributed by atoms with Crippen molar-refractivity contribution in [3.8, 4) is 11.3 Å². The Morgan fingerprint density at radius 3 is 2.71 bits per heavy atom. The van der Waals surface area contributed by atoms with Crippen molar-refractivity contribution in [2.24, 2.45) is 0 Å². The van der Waals surface area contributed by atoms with E-state index in [4.69, 9.17) is 20.9 Å². The van der Waals surface area contributed by atoms with Crippen molar-refractivity contribution in [1.29, 1.82) is 0 Å². The SMILES string of the molecule is CCCCNc1onc(-c2ccc(Cl)cc2)c1C(=O)OC. The van der Waals surface area contributed by atoms with Crippen LogP contribution in [0, 0.1) is 0 Å². The van der Waals surface area contributed by atoms with Crippen molar-refractivity contribution in [3.63, 3.8) is 0 Å². The summed E-state index contributed by atoms with van der Waals surface area (Å²) in [5.74, 6) is -0.152. The maximum absolute atomic E-state index is 12.0. The number of esters is 1. The molecule has 1 heterocycles. The number of anilines is 1. The van der Waals surface area contributed by atoms with Gasteiger partial charge in [-0.2, -0.15) is 0 Å². The molecule has 0 saturated heterocycles. The molecule has 0 saturated carbocycles. The van der Waals surface area contributed by atoms with E-state index in [2.05, 4.69) is 17.4 Å². The molecule has 5 nitrogen and oxygen atoms in total. The van der Waals surface area contributed by atoms with Crippen LogP contribution >= 0.6 is 11.6 Å². The van der Waals surface area contributed by atoms with E-state index in [1.807, 2.05) is 0 Å². The smallest absolute Gasteiger partial charge is 0.345 e. The fourth-order valence-electron chi connectivity index (χ4n) is 1.89. The number of hydrogen-bond donors (Lipinski definition) is 1. The van der Waals surface area contributed by atoms with Crippen molar-refractivity contribution in [3.05, 3.63) is 34.9 Å². The standard InChI is InChI=1S/C15H17ClN2O3/c1-3-4-9-17-14-12(15(19)20-2)13(18-21-14)10-5-7-11(16)8-6-10/h5-8,17H,3-4,9H2,1-2H3. The molecular weight excluding hydrogens is 292 g/mol. The predicted molar refractivity (Wildman–Crippen MR) is 81.7 cm³/mol. The first-order valence-electron chi connectivity index (χ1n) is 6.75. The number of aromatic nitrogens is 1. The number of carbonyl (C=O) groups excluding carboxylic acids is 1. The zero-order valence-corrected chi connectivity index (χ0v) is 12.7. The number of nitrogens with one attached hydrogen (secondary N) is 1. The lowest BCUT2D eigenvalue weighted by atomic mass is 10.1. The third-order valence-electron chi connectivity index (χ3n) is 3.02. The van der Waals surface area contributed by atoms with Gasteiger partial charge < -0.3 is 14.6 Å². The van der Waals surface area contributed by atoms with Crippen LogP contribution in [0.5, 0.6) is 0 Å². The fraction of sp³-hybridized carbons (Fsp3) is 0.333. The highest BCUT2D eigenvalue weighted by molar-refractivity contribution is 6.30. The molecule has 0 amide bonds. The maximum atomic E-state index is 12.0. The first-order chi connectivity index (χ1) is 10.2. The normalized spacial score (nSPS) is 10.4. The van der Waals surface area contributed by atoms with Crippen molar-refractivity contribution >= 4 is 23.5 Å². The Kier molecular flexibility index (Phi) is 5.22. The number of nitrogens with zero attached hydrogens (tertiary/aromatic N) is 1. The van der Waals surface area contributed by atoms with E-state index in [1.54, 1.807) is 24.3 Å². The van der Waals surface area contributed by atoms with Gasteiger partial charge in [-0.05, 0) is 18.6 Å². The molecule has 2 rings (SSSR count). The van der Waals surface area contributed by atoms with Crippen molar-refractivity contribution in [2.45, 2.75) is 19.8 Å². The Hall–Kier alpha value is -2.01. The fourth-order valence-corrected chi connectivity index (χ4v) is 2.01. The van der Waals surface area contributed by atoms with Crippen LogP contribution in [0.15, 0.2) is 28.8 Å². The molecule has 0 bridgehead atoms. The third kappa shape index (κ3) is 3.55. The summed E-state index contributed by atoms with van der Waals surface area (Å²) in [7, 11) is 1.33. The Bertz CT molecular complexity index is 608. The van der Waals surface area contributed by atoms with Gasteiger partial charge >= 0.3 is 5.97 Å². The summed E-state index contributed by atoms with van der Waals surface area (Å²) >= 11 is 5.87. The molecule has 1 N–H and O–H groups in total. The summed E-state index contributed by atoms with van der Waals surface area (Å²) in [5, 5.41) is 7.67. The van der Waals surface area contributed by atoms with Crippen LogP contribution in [0.25, 0.3) is 11.3 Å². The molecule has 1 aromatic heterocycles. The van der Waals surface area contributed by atoms with Crippen LogP contribution in [0.4, 0.5) is 5.88 Å². The molecular formula is C15H17ClN2O3. The average molecular weight is 309 g/mol. The molecule has 112 valence electrons. The number of unbranched alkanes of at least 4 members (excludes halogenated alkanes) is 1. The maximum Gasteiger partial charge on any atom is 0.345 e. The van der Waals surface area contributed by atoms with Gasteiger partial charge in [0.15, 0.2) is 5.56 Å². The van der Waals surface area contributed by atoms with E-state index in [0.717, 1.165) is 18.4 Å². The minimum atomic E-state index is -0.486. The summed E-state index contributed by atoms with van der Waals surface area (Å²) in [6.45, 7) is 2.79. The zero-order chi connectivity index (χ0) is 15.2. The van der Waals surface area contributed by atoms with Gasteiger partial charge in [0.05, 0.1) is 7.11 Å². The van der Waals surface area contributed by atoms with E-state index < -0.39 is 5.97 Å². The monoisotopic (exact) mass is 308 g/mol. The van der Waals surface area contributed by atoms with Gasteiger partial charge in [-0.15, -0.1) is 0 Å². The zero-order valence-electron chi connectivity index (χ0n) is 12.0. The van der Waals surface area contributed by atoms with Crippen LogP contribution < -0.4 is 5.32 Å².